The third-order valence-corrected chi connectivity index (χ3v) is 4.01. The number of carbonyl (C=O) groups excluding carboxylic acids is 1. The van der Waals surface area contributed by atoms with Crippen molar-refractivity contribution in [3.8, 4) is 5.75 Å². The van der Waals surface area contributed by atoms with Gasteiger partial charge in [-0.1, -0.05) is 5.16 Å². The molecule has 1 saturated heterocycles. The quantitative estimate of drug-likeness (QED) is 0.377. The van der Waals surface area contributed by atoms with Gasteiger partial charge in [-0.05, 0) is 63.8 Å². The number of ether oxygens (including phenoxy) is 2. The molecule has 25 heavy (non-hydrogen) atoms. The molecule has 2 rings (SSSR count). The maximum atomic E-state index is 12.0. The molecule has 0 unspecified atom stereocenters. The number of rotatable bonds is 4. The third-order valence-electron chi connectivity index (χ3n) is 4.01. The highest BCUT2D eigenvalue weighted by atomic mass is 16.6. The lowest BCUT2D eigenvalue weighted by atomic mass is 9.98. The van der Waals surface area contributed by atoms with Crippen molar-refractivity contribution in [2.45, 2.75) is 39.2 Å². The fraction of sp³-hybridized carbons (Fsp3) is 0.556. The Morgan fingerprint density at radius 1 is 1.28 bits per heavy atom. The van der Waals surface area contributed by atoms with Crippen molar-refractivity contribution in [2.24, 2.45) is 16.8 Å². The lowest BCUT2D eigenvalue weighted by Crippen LogP contribution is -2.42. The number of piperidine rings is 1. The van der Waals surface area contributed by atoms with Crippen LogP contribution in [0, 0.1) is 5.92 Å². The zero-order chi connectivity index (χ0) is 18.4. The van der Waals surface area contributed by atoms with E-state index in [4.69, 9.17) is 20.4 Å². The molecular formula is C18H27N3O4. The predicted molar refractivity (Wildman–Crippen MR) is 95.0 cm³/mol. The smallest absolute Gasteiger partial charge is 0.410 e. The number of nitrogens with zero attached hydrogens (tertiary/aromatic N) is 2. The van der Waals surface area contributed by atoms with E-state index in [1.54, 1.807) is 29.2 Å². The second-order valence-electron chi connectivity index (χ2n) is 7.23. The molecule has 0 atom stereocenters. The van der Waals surface area contributed by atoms with Crippen molar-refractivity contribution in [1.82, 2.24) is 4.90 Å². The van der Waals surface area contributed by atoms with Gasteiger partial charge in [0.15, 0.2) is 5.84 Å². The van der Waals surface area contributed by atoms with Gasteiger partial charge in [0.25, 0.3) is 0 Å². The molecule has 1 aromatic rings. The van der Waals surface area contributed by atoms with Crippen molar-refractivity contribution in [3.05, 3.63) is 29.8 Å². The Morgan fingerprint density at radius 3 is 2.40 bits per heavy atom. The summed E-state index contributed by atoms with van der Waals surface area (Å²) >= 11 is 0. The van der Waals surface area contributed by atoms with Crippen LogP contribution in [-0.4, -0.2) is 47.3 Å². The lowest BCUT2D eigenvalue weighted by Gasteiger charge is -2.33. The standard InChI is InChI=1S/C18H27N3O4/c1-18(2,3)25-17(22)21-10-8-13(9-11-21)12-24-15-6-4-14(5-7-15)16(19)20-23/h4-7,13,23H,8-12H2,1-3H3,(H2,19,20). The van der Waals surface area contributed by atoms with Gasteiger partial charge in [0.05, 0.1) is 6.61 Å². The van der Waals surface area contributed by atoms with Crippen LogP contribution in [0.5, 0.6) is 5.75 Å². The van der Waals surface area contributed by atoms with Crippen molar-refractivity contribution >= 4 is 11.9 Å². The minimum absolute atomic E-state index is 0.0704. The molecule has 0 aliphatic carbocycles. The first-order valence-electron chi connectivity index (χ1n) is 8.47. The van der Waals surface area contributed by atoms with E-state index in [1.165, 1.54) is 0 Å². The van der Waals surface area contributed by atoms with E-state index in [9.17, 15) is 4.79 Å². The maximum Gasteiger partial charge on any atom is 0.410 e. The maximum absolute atomic E-state index is 12.0. The van der Waals surface area contributed by atoms with Crippen LogP contribution in [0.4, 0.5) is 4.79 Å². The second-order valence-corrected chi connectivity index (χ2v) is 7.23. The molecule has 0 saturated carbocycles. The summed E-state index contributed by atoms with van der Waals surface area (Å²) in [4.78, 5) is 13.8. The van der Waals surface area contributed by atoms with Crippen molar-refractivity contribution < 1.29 is 19.5 Å². The van der Waals surface area contributed by atoms with E-state index in [1.807, 2.05) is 20.8 Å². The van der Waals surface area contributed by atoms with E-state index < -0.39 is 5.60 Å². The van der Waals surface area contributed by atoms with Crippen LogP contribution < -0.4 is 10.5 Å². The molecule has 7 heteroatoms. The number of nitrogens with two attached hydrogens (primary N) is 1. The zero-order valence-electron chi connectivity index (χ0n) is 15.1. The number of amidine groups is 1. The van der Waals surface area contributed by atoms with Gasteiger partial charge in [-0.2, -0.15) is 0 Å². The van der Waals surface area contributed by atoms with Crippen LogP contribution in [0.25, 0.3) is 0 Å². The summed E-state index contributed by atoms with van der Waals surface area (Å²) in [5, 5.41) is 11.6. The summed E-state index contributed by atoms with van der Waals surface area (Å²) in [5.41, 5.74) is 5.70. The zero-order valence-corrected chi connectivity index (χ0v) is 15.1. The highest BCUT2D eigenvalue weighted by molar-refractivity contribution is 5.97. The van der Waals surface area contributed by atoms with Crippen LogP contribution in [0.2, 0.25) is 0 Å². The molecule has 1 fully saturated rings. The summed E-state index contributed by atoms with van der Waals surface area (Å²) in [6, 6.07) is 7.08. The Hall–Kier alpha value is -2.44. The van der Waals surface area contributed by atoms with Crippen LogP contribution in [0.1, 0.15) is 39.2 Å². The summed E-state index contributed by atoms with van der Waals surface area (Å²) in [6.45, 7) is 7.59. The summed E-state index contributed by atoms with van der Waals surface area (Å²) in [5.74, 6) is 1.22. The van der Waals surface area contributed by atoms with Gasteiger partial charge in [0.1, 0.15) is 11.4 Å². The molecule has 138 valence electrons. The second kappa shape index (κ2) is 8.09. The predicted octanol–water partition coefficient (Wildman–Crippen LogP) is 2.81. The van der Waals surface area contributed by atoms with Crippen molar-refractivity contribution in [3.63, 3.8) is 0 Å². The average Bonchev–Trinajstić information content (AvgIpc) is 2.58. The van der Waals surface area contributed by atoms with Crippen molar-refractivity contribution in [2.75, 3.05) is 19.7 Å². The number of carbonyl (C=O) groups is 1. The molecule has 0 spiro atoms. The SMILES string of the molecule is CC(C)(C)OC(=O)N1CCC(COc2ccc(/C(N)=N/O)cc2)CC1. The summed E-state index contributed by atoms with van der Waals surface area (Å²) in [7, 11) is 0. The molecule has 1 aliphatic heterocycles. The number of likely N-dealkylation sites (tertiary alicyclic amines) is 1. The molecule has 1 aliphatic rings. The van der Waals surface area contributed by atoms with Gasteiger partial charge < -0.3 is 25.3 Å². The van der Waals surface area contributed by atoms with Crippen LogP contribution in [0.15, 0.2) is 29.4 Å². The molecule has 1 amide bonds. The van der Waals surface area contributed by atoms with Crippen LogP contribution in [-0.2, 0) is 4.74 Å². The molecule has 0 bridgehead atoms. The first-order valence-corrected chi connectivity index (χ1v) is 8.47. The molecule has 3 N–H and O–H groups in total. The van der Waals surface area contributed by atoms with E-state index in [0.717, 1.165) is 18.6 Å². The Morgan fingerprint density at radius 2 is 1.88 bits per heavy atom. The number of amides is 1. The lowest BCUT2D eigenvalue weighted by molar-refractivity contribution is 0.0165. The molecule has 1 heterocycles. The van der Waals surface area contributed by atoms with Gasteiger partial charge >= 0.3 is 6.09 Å². The summed E-state index contributed by atoms with van der Waals surface area (Å²) < 4.78 is 11.2. The monoisotopic (exact) mass is 349 g/mol. The normalized spacial score (nSPS) is 16.6. The minimum atomic E-state index is -0.465. The molecule has 0 aromatic heterocycles. The molecule has 0 radical (unpaired) electrons. The molecule has 1 aromatic carbocycles. The topological polar surface area (TPSA) is 97.4 Å². The Kier molecular flexibility index (Phi) is 6.12. The number of oxime groups is 1. The first-order chi connectivity index (χ1) is 11.8. The fourth-order valence-electron chi connectivity index (χ4n) is 2.60. The van der Waals surface area contributed by atoms with Crippen LogP contribution in [0.3, 0.4) is 0 Å². The number of benzene rings is 1. The Balaban J connectivity index is 1.76. The Bertz CT molecular complexity index is 600. The average molecular weight is 349 g/mol. The number of hydrogen-bond acceptors (Lipinski definition) is 5. The third kappa shape index (κ3) is 5.85. The minimum Gasteiger partial charge on any atom is -0.493 e. The highest BCUT2D eigenvalue weighted by Gasteiger charge is 2.27. The molecular weight excluding hydrogens is 322 g/mol. The van der Waals surface area contributed by atoms with Crippen LogP contribution >= 0.6 is 0 Å². The van der Waals surface area contributed by atoms with E-state index in [0.29, 0.717) is 31.2 Å². The van der Waals surface area contributed by atoms with E-state index >= 15 is 0 Å². The first kappa shape index (κ1) is 18.9. The van der Waals surface area contributed by atoms with Gasteiger partial charge in [-0.3, -0.25) is 0 Å². The van der Waals surface area contributed by atoms with Gasteiger partial charge in [0.2, 0.25) is 0 Å². The van der Waals surface area contributed by atoms with Gasteiger partial charge in [-0.15, -0.1) is 0 Å². The fourth-order valence-corrected chi connectivity index (χ4v) is 2.60. The van der Waals surface area contributed by atoms with E-state index in [-0.39, 0.29) is 11.9 Å². The van der Waals surface area contributed by atoms with Gasteiger partial charge in [-0.25, -0.2) is 4.79 Å². The number of hydrogen-bond donors (Lipinski definition) is 2. The van der Waals surface area contributed by atoms with Gasteiger partial charge in [0, 0.05) is 18.7 Å². The largest absolute Gasteiger partial charge is 0.493 e. The molecule has 7 nitrogen and oxygen atoms in total. The summed E-state index contributed by atoms with van der Waals surface area (Å²) in [6.07, 6.45) is 1.54. The van der Waals surface area contributed by atoms with Crippen molar-refractivity contribution in [1.29, 1.82) is 0 Å². The van der Waals surface area contributed by atoms with E-state index in [2.05, 4.69) is 5.16 Å². The highest BCUT2D eigenvalue weighted by Crippen LogP contribution is 2.21. The Labute approximate surface area is 148 Å².